The molecule has 4 rings (SSSR count). The van der Waals surface area contributed by atoms with Crippen molar-refractivity contribution in [3.8, 4) is 0 Å². The third kappa shape index (κ3) is 14.4. The molecule has 0 spiro atoms. The molecule has 4 N–H and O–H groups in total. The summed E-state index contributed by atoms with van der Waals surface area (Å²) in [5.74, 6) is 0. The summed E-state index contributed by atoms with van der Waals surface area (Å²) in [4.78, 5) is 28.5. The zero-order chi connectivity index (χ0) is 45.4. The molecule has 4 atom stereocenters. The molecule has 0 aliphatic carbocycles. The number of hydrogen-bond donors (Lipinski definition) is 4. The van der Waals surface area contributed by atoms with Gasteiger partial charge in [0.2, 0.25) is 0 Å². The van der Waals surface area contributed by atoms with Gasteiger partial charge in [0.15, 0.2) is 0 Å². The highest BCUT2D eigenvalue weighted by molar-refractivity contribution is 5.90. The van der Waals surface area contributed by atoms with Crippen LogP contribution in [0.4, 0.5) is 73.6 Å². The van der Waals surface area contributed by atoms with Crippen molar-refractivity contribution in [2.45, 2.75) is 62.7 Å². The molecule has 0 aliphatic rings. The summed E-state index contributed by atoms with van der Waals surface area (Å²) in [6.07, 6.45) is -20.0. The summed E-state index contributed by atoms with van der Waals surface area (Å²) in [6, 6.07) is 16.1. The van der Waals surface area contributed by atoms with E-state index in [0.29, 0.717) is 24.3 Å². The van der Waals surface area contributed by atoms with E-state index in [2.05, 4.69) is 21.3 Å². The highest BCUT2D eigenvalue weighted by Gasteiger charge is 2.39. The number of nitrogens with one attached hydrogen (secondary N) is 4. The Hall–Kier alpha value is -5.50. The third-order valence-electron chi connectivity index (χ3n) is 9.18. The van der Waals surface area contributed by atoms with E-state index in [9.17, 15) is 62.3 Å². The molecule has 0 aromatic heterocycles. The second-order valence-electron chi connectivity index (χ2n) is 14.0. The van der Waals surface area contributed by atoms with Crippen LogP contribution in [0.5, 0.6) is 0 Å². The Morgan fingerprint density at radius 2 is 0.700 bits per heavy atom. The van der Waals surface area contributed by atoms with Gasteiger partial charge in [-0.25, -0.2) is 9.59 Å². The molecule has 4 aromatic rings. The van der Waals surface area contributed by atoms with Crippen molar-refractivity contribution in [3.05, 3.63) is 130 Å². The van der Waals surface area contributed by atoms with Gasteiger partial charge >= 0.3 is 36.8 Å². The average Bonchev–Trinajstić information content (AvgIpc) is 3.14. The lowest BCUT2D eigenvalue weighted by Crippen LogP contribution is -2.43. The molecule has 0 saturated carbocycles. The van der Waals surface area contributed by atoms with Gasteiger partial charge < -0.3 is 31.1 Å². The van der Waals surface area contributed by atoms with Crippen molar-refractivity contribution in [2.24, 2.45) is 0 Å². The van der Waals surface area contributed by atoms with E-state index in [1.54, 1.807) is 88.9 Å². The Morgan fingerprint density at radius 3 is 0.917 bits per heavy atom. The summed E-state index contributed by atoms with van der Waals surface area (Å²) in [7, 11) is 7.12. The largest absolute Gasteiger partial charge is 0.416 e. The molecule has 8 nitrogen and oxygen atoms in total. The fourth-order valence-corrected chi connectivity index (χ4v) is 5.55. The summed E-state index contributed by atoms with van der Waals surface area (Å²) >= 11 is 0. The van der Waals surface area contributed by atoms with E-state index >= 15 is 0 Å². The van der Waals surface area contributed by atoms with Gasteiger partial charge in [0, 0.05) is 23.5 Å². The average molecular weight is 867 g/mol. The Balaban J connectivity index is 0.000000320. The molecule has 60 heavy (non-hydrogen) atoms. The topological polar surface area (TPSA) is 88.7 Å². The van der Waals surface area contributed by atoms with Crippen LogP contribution in [0.2, 0.25) is 0 Å². The Kier molecular flexibility index (Phi) is 16.1. The molecule has 0 heterocycles. The minimum Gasteiger partial charge on any atom is -0.329 e. The van der Waals surface area contributed by atoms with Gasteiger partial charge in [-0.1, -0.05) is 60.7 Å². The van der Waals surface area contributed by atoms with Crippen molar-refractivity contribution in [2.75, 3.05) is 38.8 Å². The van der Waals surface area contributed by atoms with Crippen LogP contribution in [0.15, 0.2) is 97.1 Å². The molecule has 0 bridgehead atoms. The van der Waals surface area contributed by atoms with E-state index < -0.39 is 82.5 Å². The molecular weight excluding hydrogens is 824 g/mol. The standard InChI is InChI=1S/2C20H21F6N3O/c2*1-12(29(2)3)17(13-7-5-4-6-8-13)28-18(30)27-16-10-14(19(21,22)23)9-15(11-16)20(24,25)26/h2*4-12,17H,1-3H3,(H2,27,28,30)/t2*12-,17+/m00/s1. The number of nitrogens with zero attached hydrogens (tertiary/aromatic N) is 2. The number of carbonyl (C=O) groups is 2. The molecule has 328 valence electrons. The number of hydrogen-bond acceptors (Lipinski definition) is 4. The maximum atomic E-state index is 13.0. The van der Waals surface area contributed by atoms with Crippen molar-refractivity contribution >= 4 is 23.4 Å². The highest BCUT2D eigenvalue weighted by atomic mass is 19.4. The van der Waals surface area contributed by atoms with Crippen LogP contribution in [0.1, 0.15) is 59.3 Å². The summed E-state index contributed by atoms with van der Waals surface area (Å²) in [6.45, 7) is 3.65. The van der Waals surface area contributed by atoms with Crippen LogP contribution in [-0.4, -0.2) is 62.1 Å². The Morgan fingerprint density at radius 1 is 0.450 bits per heavy atom. The second kappa shape index (κ2) is 19.7. The van der Waals surface area contributed by atoms with Crippen molar-refractivity contribution in [3.63, 3.8) is 0 Å². The molecule has 20 heteroatoms. The number of halogens is 12. The lowest BCUT2D eigenvalue weighted by Gasteiger charge is -2.30. The monoisotopic (exact) mass is 866 g/mol. The number of urea groups is 2. The number of amides is 4. The minimum absolute atomic E-state index is 0.00394. The van der Waals surface area contributed by atoms with E-state index in [1.165, 1.54) is 0 Å². The molecular formula is C40H42F12N6O2. The number of carbonyl (C=O) groups excluding carboxylic acids is 2. The predicted molar refractivity (Wildman–Crippen MR) is 202 cm³/mol. The van der Waals surface area contributed by atoms with Crippen molar-refractivity contribution < 1.29 is 62.3 Å². The maximum Gasteiger partial charge on any atom is 0.416 e. The van der Waals surface area contributed by atoms with E-state index in [0.717, 1.165) is 11.1 Å². The maximum absolute atomic E-state index is 13.0. The predicted octanol–water partition coefficient (Wildman–Crippen LogP) is 11.1. The Bertz CT molecular complexity index is 1810. The first-order chi connectivity index (χ1) is 27.6. The van der Waals surface area contributed by atoms with Gasteiger partial charge in [-0.05, 0) is 89.6 Å². The van der Waals surface area contributed by atoms with Crippen LogP contribution in [0.3, 0.4) is 0 Å². The first kappa shape index (κ1) is 48.9. The summed E-state index contributed by atoms with van der Waals surface area (Å²) in [5.41, 5.74) is -5.79. The summed E-state index contributed by atoms with van der Waals surface area (Å²) < 4.78 is 156. The van der Waals surface area contributed by atoms with Gasteiger partial charge in [0.05, 0.1) is 34.3 Å². The van der Waals surface area contributed by atoms with E-state index in [1.807, 2.05) is 23.6 Å². The fourth-order valence-electron chi connectivity index (χ4n) is 5.55. The molecule has 0 saturated heterocycles. The van der Waals surface area contributed by atoms with Crippen LogP contribution < -0.4 is 21.3 Å². The van der Waals surface area contributed by atoms with Gasteiger partial charge in [-0.15, -0.1) is 0 Å². The zero-order valence-electron chi connectivity index (χ0n) is 32.8. The number of anilines is 2. The van der Waals surface area contributed by atoms with Gasteiger partial charge in [-0.3, -0.25) is 0 Å². The summed E-state index contributed by atoms with van der Waals surface area (Å²) in [5, 5.41) is 9.43. The normalized spacial score (nSPS) is 14.3. The highest BCUT2D eigenvalue weighted by Crippen LogP contribution is 2.39. The molecule has 4 amide bonds. The Labute approximate surface area is 337 Å². The number of benzene rings is 4. The molecule has 0 fully saturated rings. The molecule has 4 aromatic carbocycles. The van der Waals surface area contributed by atoms with Gasteiger partial charge in [-0.2, -0.15) is 52.7 Å². The second-order valence-corrected chi connectivity index (χ2v) is 14.0. The minimum atomic E-state index is -5.00. The molecule has 0 unspecified atom stereocenters. The number of alkyl halides is 12. The lowest BCUT2D eigenvalue weighted by atomic mass is 10.00. The number of likely N-dealkylation sites (N-methyl/N-ethyl adjacent to an activating group) is 2. The SMILES string of the molecule is C[C@@H]([C@@H](NC(=O)Nc1cc(C(F)(F)F)cc(C(F)(F)F)c1)c1ccccc1)N(C)C.C[C@@H]([C@@H](NC(=O)Nc1cc(C(F)(F)F)cc(C(F)(F)F)c1)c1ccccc1)N(C)C. The van der Waals surface area contributed by atoms with Crippen molar-refractivity contribution in [1.29, 1.82) is 0 Å². The third-order valence-corrected chi connectivity index (χ3v) is 9.18. The fraction of sp³-hybridized carbons (Fsp3) is 0.350. The van der Waals surface area contributed by atoms with Crippen LogP contribution in [0.25, 0.3) is 0 Å². The molecule has 0 radical (unpaired) electrons. The van der Waals surface area contributed by atoms with Crippen LogP contribution in [0, 0.1) is 0 Å². The number of rotatable bonds is 10. The van der Waals surface area contributed by atoms with Gasteiger partial charge in [0.25, 0.3) is 0 Å². The van der Waals surface area contributed by atoms with E-state index in [4.69, 9.17) is 0 Å². The smallest absolute Gasteiger partial charge is 0.329 e. The van der Waals surface area contributed by atoms with Gasteiger partial charge in [0.1, 0.15) is 0 Å². The zero-order valence-corrected chi connectivity index (χ0v) is 32.8. The van der Waals surface area contributed by atoms with Crippen molar-refractivity contribution in [1.82, 2.24) is 20.4 Å². The first-order valence-electron chi connectivity index (χ1n) is 17.7. The van der Waals surface area contributed by atoms with E-state index in [-0.39, 0.29) is 24.2 Å². The first-order valence-corrected chi connectivity index (χ1v) is 17.7. The quantitative estimate of drug-likeness (QED) is 0.120. The van der Waals surface area contributed by atoms with Crippen LogP contribution in [-0.2, 0) is 24.7 Å². The molecule has 0 aliphatic heterocycles. The lowest BCUT2D eigenvalue weighted by molar-refractivity contribution is -0.144. The van der Waals surface area contributed by atoms with Crippen LogP contribution >= 0.6 is 0 Å².